The Morgan fingerprint density at radius 3 is 2.73 bits per heavy atom. The number of nitrogens with zero attached hydrogens (tertiary/aromatic N) is 2. The summed E-state index contributed by atoms with van der Waals surface area (Å²) in [5, 5.41) is 11.9. The highest BCUT2D eigenvalue weighted by Crippen LogP contribution is 2.37. The summed E-state index contributed by atoms with van der Waals surface area (Å²) in [5.74, 6) is -0.618. The van der Waals surface area contributed by atoms with Gasteiger partial charge in [0.1, 0.15) is 0 Å². The van der Waals surface area contributed by atoms with E-state index in [-0.39, 0.29) is 5.69 Å². The van der Waals surface area contributed by atoms with Crippen molar-refractivity contribution in [3.63, 3.8) is 0 Å². The SMILES string of the molecule is NC(=O)c1nnc2[nH]ccc2c1Nc1ccc(N)c2c1CC2. The molecule has 0 saturated carbocycles. The first kappa shape index (κ1) is 12.6. The average molecular weight is 294 g/mol. The van der Waals surface area contributed by atoms with E-state index in [1.807, 2.05) is 18.2 Å². The molecule has 110 valence electrons. The highest BCUT2D eigenvalue weighted by Gasteiger charge is 2.22. The number of hydrogen-bond donors (Lipinski definition) is 4. The number of nitrogens with one attached hydrogen (secondary N) is 2. The average Bonchev–Trinajstić information content (AvgIpc) is 2.90. The standard InChI is InChI=1S/C15H14N6O/c16-10-3-4-11(8-2-1-7(8)10)19-12-9-5-6-18-15(9)21-20-13(12)14(17)22/h3-6H,1-2,16H2,(H2,17,22)(H2,18,19,21). The molecule has 2 heterocycles. The lowest BCUT2D eigenvalue weighted by molar-refractivity contribution is 0.0995. The zero-order valence-corrected chi connectivity index (χ0v) is 11.7. The second-order valence-electron chi connectivity index (χ2n) is 5.31. The Hall–Kier alpha value is -3.09. The van der Waals surface area contributed by atoms with Crippen LogP contribution < -0.4 is 16.8 Å². The van der Waals surface area contributed by atoms with Crippen molar-refractivity contribution in [1.82, 2.24) is 15.2 Å². The van der Waals surface area contributed by atoms with Crippen molar-refractivity contribution in [3.05, 3.63) is 41.2 Å². The molecule has 0 bridgehead atoms. The molecular formula is C15H14N6O. The third-order valence-corrected chi connectivity index (χ3v) is 4.07. The minimum atomic E-state index is -0.618. The van der Waals surface area contributed by atoms with E-state index in [0.717, 1.165) is 35.2 Å². The lowest BCUT2D eigenvalue weighted by atomic mass is 9.85. The van der Waals surface area contributed by atoms with Gasteiger partial charge in [-0.05, 0) is 42.2 Å². The fraction of sp³-hybridized carbons (Fsp3) is 0.133. The Morgan fingerprint density at radius 2 is 2.00 bits per heavy atom. The first-order valence-corrected chi connectivity index (χ1v) is 6.96. The van der Waals surface area contributed by atoms with Crippen molar-refractivity contribution in [1.29, 1.82) is 0 Å². The summed E-state index contributed by atoms with van der Waals surface area (Å²) in [6, 6.07) is 5.62. The van der Waals surface area contributed by atoms with Crippen LogP contribution in [0.3, 0.4) is 0 Å². The number of benzene rings is 1. The largest absolute Gasteiger partial charge is 0.398 e. The van der Waals surface area contributed by atoms with Crippen molar-refractivity contribution in [2.24, 2.45) is 5.73 Å². The minimum Gasteiger partial charge on any atom is -0.398 e. The molecule has 0 spiro atoms. The summed E-state index contributed by atoms with van der Waals surface area (Å²) in [6.07, 6.45) is 3.69. The second kappa shape index (κ2) is 4.45. The molecule has 1 amide bonds. The molecule has 0 aliphatic heterocycles. The quantitative estimate of drug-likeness (QED) is 0.545. The topological polar surface area (TPSA) is 123 Å². The van der Waals surface area contributed by atoms with Gasteiger partial charge in [0.2, 0.25) is 0 Å². The Bertz CT molecular complexity index is 914. The Balaban J connectivity index is 1.88. The van der Waals surface area contributed by atoms with E-state index in [1.54, 1.807) is 6.20 Å². The van der Waals surface area contributed by atoms with E-state index in [1.165, 1.54) is 5.56 Å². The number of amides is 1. The number of aromatic amines is 1. The number of hydrogen-bond acceptors (Lipinski definition) is 5. The van der Waals surface area contributed by atoms with E-state index in [9.17, 15) is 4.79 Å². The molecule has 22 heavy (non-hydrogen) atoms. The Morgan fingerprint density at radius 1 is 1.18 bits per heavy atom. The summed E-state index contributed by atoms with van der Waals surface area (Å²) in [7, 11) is 0. The third-order valence-electron chi connectivity index (χ3n) is 4.07. The smallest absolute Gasteiger partial charge is 0.271 e. The number of nitrogens with two attached hydrogens (primary N) is 2. The van der Waals surface area contributed by atoms with Crippen molar-refractivity contribution in [2.45, 2.75) is 12.8 Å². The number of carbonyl (C=O) groups excluding carboxylic acids is 1. The summed E-state index contributed by atoms with van der Waals surface area (Å²) >= 11 is 0. The molecule has 7 nitrogen and oxygen atoms in total. The zero-order chi connectivity index (χ0) is 15.3. The molecule has 0 atom stereocenters. The number of nitrogen functional groups attached to an aromatic ring is 1. The number of rotatable bonds is 3. The van der Waals surface area contributed by atoms with Crippen LogP contribution in [0.25, 0.3) is 11.0 Å². The summed E-state index contributed by atoms with van der Waals surface area (Å²) in [5.41, 5.74) is 16.7. The van der Waals surface area contributed by atoms with Crippen LogP contribution in [0.15, 0.2) is 24.4 Å². The maximum atomic E-state index is 11.6. The molecule has 1 aliphatic carbocycles. The Labute approximate surface area is 125 Å². The highest BCUT2D eigenvalue weighted by atomic mass is 16.1. The fourth-order valence-corrected chi connectivity index (χ4v) is 2.84. The van der Waals surface area contributed by atoms with Gasteiger partial charge in [-0.1, -0.05) is 0 Å². The highest BCUT2D eigenvalue weighted by molar-refractivity contribution is 6.05. The van der Waals surface area contributed by atoms with Crippen molar-refractivity contribution in [3.8, 4) is 0 Å². The molecule has 0 radical (unpaired) electrons. The molecular weight excluding hydrogens is 280 g/mol. The maximum Gasteiger partial charge on any atom is 0.271 e. The van der Waals surface area contributed by atoms with Crippen LogP contribution in [0.1, 0.15) is 21.6 Å². The number of fused-ring (bicyclic) bond motifs is 2. The summed E-state index contributed by atoms with van der Waals surface area (Å²) in [4.78, 5) is 14.6. The first-order chi connectivity index (χ1) is 10.6. The van der Waals surface area contributed by atoms with Crippen molar-refractivity contribution < 1.29 is 4.79 Å². The van der Waals surface area contributed by atoms with E-state index in [2.05, 4.69) is 20.5 Å². The molecule has 1 aliphatic rings. The maximum absolute atomic E-state index is 11.6. The van der Waals surface area contributed by atoms with E-state index in [0.29, 0.717) is 11.3 Å². The van der Waals surface area contributed by atoms with E-state index < -0.39 is 5.91 Å². The Kier molecular flexibility index (Phi) is 2.56. The first-order valence-electron chi connectivity index (χ1n) is 6.96. The molecule has 7 heteroatoms. The van der Waals surface area contributed by atoms with E-state index >= 15 is 0 Å². The fourth-order valence-electron chi connectivity index (χ4n) is 2.84. The van der Waals surface area contributed by atoms with Crippen LogP contribution in [0, 0.1) is 0 Å². The van der Waals surface area contributed by atoms with Gasteiger partial charge < -0.3 is 21.8 Å². The number of carbonyl (C=O) groups is 1. The molecule has 4 rings (SSSR count). The van der Waals surface area contributed by atoms with Crippen LogP contribution in [0.5, 0.6) is 0 Å². The molecule has 0 unspecified atom stereocenters. The molecule has 0 saturated heterocycles. The van der Waals surface area contributed by atoms with Gasteiger partial charge in [-0.15, -0.1) is 10.2 Å². The van der Waals surface area contributed by atoms with Gasteiger partial charge in [-0.2, -0.15) is 0 Å². The third kappa shape index (κ3) is 1.72. The second-order valence-corrected chi connectivity index (χ2v) is 5.31. The molecule has 6 N–H and O–H groups in total. The van der Waals surface area contributed by atoms with Gasteiger partial charge in [-0.3, -0.25) is 4.79 Å². The zero-order valence-electron chi connectivity index (χ0n) is 11.7. The normalized spacial score (nSPS) is 12.7. The van der Waals surface area contributed by atoms with Gasteiger partial charge >= 0.3 is 0 Å². The summed E-state index contributed by atoms with van der Waals surface area (Å²) < 4.78 is 0. The number of primary amides is 1. The van der Waals surface area contributed by atoms with Gasteiger partial charge in [0.25, 0.3) is 5.91 Å². The van der Waals surface area contributed by atoms with Crippen molar-refractivity contribution >= 4 is 34.0 Å². The lowest BCUT2D eigenvalue weighted by Gasteiger charge is -2.25. The van der Waals surface area contributed by atoms with Gasteiger partial charge in [0.15, 0.2) is 11.3 Å². The number of anilines is 3. The van der Waals surface area contributed by atoms with Crippen LogP contribution in [0.2, 0.25) is 0 Å². The monoisotopic (exact) mass is 294 g/mol. The van der Waals surface area contributed by atoms with Gasteiger partial charge in [-0.25, -0.2) is 0 Å². The van der Waals surface area contributed by atoms with Crippen LogP contribution >= 0.6 is 0 Å². The summed E-state index contributed by atoms with van der Waals surface area (Å²) in [6.45, 7) is 0. The van der Waals surface area contributed by atoms with E-state index in [4.69, 9.17) is 11.5 Å². The van der Waals surface area contributed by atoms with Crippen molar-refractivity contribution in [2.75, 3.05) is 11.1 Å². The predicted molar refractivity (Wildman–Crippen MR) is 84.0 cm³/mol. The van der Waals surface area contributed by atoms with Crippen LogP contribution in [-0.2, 0) is 12.8 Å². The molecule has 0 fully saturated rings. The van der Waals surface area contributed by atoms with Crippen LogP contribution in [0.4, 0.5) is 17.1 Å². The predicted octanol–water partition coefficient (Wildman–Crippen LogP) is 1.48. The van der Waals surface area contributed by atoms with Crippen LogP contribution in [-0.4, -0.2) is 21.1 Å². The van der Waals surface area contributed by atoms with Gasteiger partial charge in [0.05, 0.1) is 5.69 Å². The molecule has 3 aromatic rings. The lowest BCUT2D eigenvalue weighted by Crippen LogP contribution is -2.18. The molecule has 1 aromatic carbocycles. The van der Waals surface area contributed by atoms with Gasteiger partial charge in [0, 0.05) is 23.0 Å². The minimum absolute atomic E-state index is 0.122. The number of H-pyrrole nitrogens is 1. The number of aromatic nitrogens is 3. The molecule has 2 aromatic heterocycles.